The van der Waals surface area contributed by atoms with E-state index in [-0.39, 0.29) is 12.4 Å². The monoisotopic (exact) mass is 226 g/mol. The highest BCUT2D eigenvalue weighted by Gasteiger charge is 2.04. The zero-order valence-corrected chi connectivity index (χ0v) is 9.30. The lowest BCUT2D eigenvalue weighted by atomic mass is 10.3. The number of aryl methyl sites for hydroxylation is 2. The third-order valence-electron chi connectivity index (χ3n) is 2.24. The van der Waals surface area contributed by atoms with Crippen molar-refractivity contribution in [1.29, 1.82) is 0 Å². The molecule has 1 heterocycles. The van der Waals surface area contributed by atoms with Gasteiger partial charge in [0.2, 0.25) is 0 Å². The van der Waals surface area contributed by atoms with E-state index < -0.39 is 11.1 Å². The summed E-state index contributed by atoms with van der Waals surface area (Å²) in [5, 5.41) is 0. The molecule has 1 aromatic heterocycles. The van der Waals surface area contributed by atoms with Crippen molar-refractivity contribution in [2.45, 2.75) is 19.4 Å². The van der Waals surface area contributed by atoms with Crippen LogP contribution in [0.2, 0.25) is 0 Å². The van der Waals surface area contributed by atoms with Crippen molar-refractivity contribution in [2.75, 3.05) is 7.11 Å². The van der Waals surface area contributed by atoms with Gasteiger partial charge in [-0.25, -0.2) is 0 Å². The van der Waals surface area contributed by atoms with Crippen LogP contribution in [0.1, 0.15) is 12.8 Å². The van der Waals surface area contributed by atoms with Gasteiger partial charge in [0, 0.05) is 32.4 Å². The summed E-state index contributed by atoms with van der Waals surface area (Å²) in [6, 6.07) is 0. The molecule has 0 fully saturated rings. The molecule has 0 atom stereocenters. The first-order chi connectivity index (χ1) is 7.56. The standard InChI is InChI=1S/C10H14N2O4/c1-11-6-7-12(10(15)9(11)14)5-3-4-8(13)16-2/h6-7H,3-5H2,1-2H3. The highest BCUT2D eigenvalue weighted by Crippen LogP contribution is 1.93. The minimum Gasteiger partial charge on any atom is -0.469 e. The van der Waals surface area contributed by atoms with Gasteiger partial charge in [-0.05, 0) is 6.42 Å². The van der Waals surface area contributed by atoms with Crippen molar-refractivity contribution in [3.8, 4) is 0 Å². The Morgan fingerprint density at radius 2 is 2.00 bits per heavy atom. The number of esters is 1. The van der Waals surface area contributed by atoms with Crippen LogP contribution in [0.25, 0.3) is 0 Å². The largest absolute Gasteiger partial charge is 0.469 e. The van der Waals surface area contributed by atoms with Crippen LogP contribution in [0.4, 0.5) is 0 Å². The van der Waals surface area contributed by atoms with Crippen molar-refractivity contribution in [2.24, 2.45) is 7.05 Å². The first kappa shape index (κ1) is 12.2. The lowest BCUT2D eigenvalue weighted by Crippen LogP contribution is -2.39. The molecule has 16 heavy (non-hydrogen) atoms. The summed E-state index contributed by atoms with van der Waals surface area (Å²) < 4.78 is 6.99. The number of nitrogens with zero attached hydrogens (tertiary/aromatic N) is 2. The van der Waals surface area contributed by atoms with Crippen molar-refractivity contribution < 1.29 is 9.53 Å². The molecule has 0 unspecified atom stereocenters. The van der Waals surface area contributed by atoms with Gasteiger partial charge in [0.05, 0.1) is 7.11 Å². The average Bonchev–Trinajstić information content (AvgIpc) is 2.29. The third kappa shape index (κ3) is 2.82. The van der Waals surface area contributed by atoms with Crippen LogP contribution in [0, 0.1) is 0 Å². The molecular weight excluding hydrogens is 212 g/mol. The molecule has 0 saturated carbocycles. The fraction of sp³-hybridized carbons (Fsp3) is 0.500. The molecule has 6 nitrogen and oxygen atoms in total. The molecule has 0 amide bonds. The number of hydrogen-bond acceptors (Lipinski definition) is 4. The van der Waals surface area contributed by atoms with E-state index in [1.54, 1.807) is 0 Å². The van der Waals surface area contributed by atoms with Crippen LogP contribution in [0.3, 0.4) is 0 Å². The number of carbonyl (C=O) groups is 1. The van der Waals surface area contributed by atoms with Gasteiger partial charge in [-0.3, -0.25) is 14.4 Å². The van der Waals surface area contributed by atoms with Crippen molar-refractivity contribution >= 4 is 5.97 Å². The quantitative estimate of drug-likeness (QED) is 0.512. The summed E-state index contributed by atoms with van der Waals surface area (Å²) in [5.74, 6) is -0.322. The molecule has 1 rings (SSSR count). The van der Waals surface area contributed by atoms with Crippen LogP contribution in [0.15, 0.2) is 22.0 Å². The maximum Gasteiger partial charge on any atom is 0.316 e. The summed E-state index contributed by atoms with van der Waals surface area (Å²) in [7, 11) is 2.83. The SMILES string of the molecule is COC(=O)CCCn1ccn(C)c(=O)c1=O. The smallest absolute Gasteiger partial charge is 0.316 e. The summed E-state index contributed by atoms with van der Waals surface area (Å²) in [4.78, 5) is 33.6. The van der Waals surface area contributed by atoms with E-state index in [0.29, 0.717) is 13.0 Å². The molecule has 0 aliphatic heterocycles. The molecule has 88 valence electrons. The van der Waals surface area contributed by atoms with E-state index in [0.717, 1.165) is 0 Å². The van der Waals surface area contributed by atoms with Crippen LogP contribution in [-0.4, -0.2) is 22.2 Å². The van der Waals surface area contributed by atoms with Gasteiger partial charge in [0.25, 0.3) is 0 Å². The van der Waals surface area contributed by atoms with E-state index >= 15 is 0 Å². The minimum absolute atomic E-state index is 0.234. The van der Waals surface area contributed by atoms with Gasteiger partial charge in [0.1, 0.15) is 0 Å². The Morgan fingerprint density at radius 3 is 2.62 bits per heavy atom. The second-order valence-corrected chi connectivity index (χ2v) is 3.39. The molecule has 0 aliphatic rings. The van der Waals surface area contributed by atoms with Crippen LogP contribution < -0.4 is 11.1 Å². The zero-order valence-electron chi connectivity index (χ0n) is 9.30. The first-order valence-corrected chi connectivity index (χ1v) is 4.89. The summed E-state index contributed by atoms with van der Waals surface area (Å²) in [5.41, 5.74) is -1.14. The Kier molecular flexibility index (Phi) is 4.04. The maximum absolute atomic E-state index is 11.4. The molecule has 1 aromatic rings. The van der Waals surface area contributed by atoms with Crippen LogP contribution >= 0.6 is 0 Å². The Hall–Kier alpha value is -1.85. The molecule has 0 saturated heterocycles. The second kappa shape index (κ2) is 5.29. The van der Waals surface area contributed by atoms with Gasteiger partial charge in [0.15, 0.2) is 0 Å². The third-order valence-corrected chi connectivity index (χ3v) is 2.24. The fourth-order valence-corrected chi connectivity index (χ4v) is 1.26. The second-order valence-electron chi connectivity index (χ2n) is 3.39. The molecule has 0 radical (unpaired) electrons. The number of hydrogen-bond donors (Lipinski definition) is 0. The highest BCUT2D eigenvalue weighted by atomic mass is 16.5. The van der Waals surface area contributed by atoms with E-state index in [1.165, 1.54) is 35.7 Å². The predicted molar refractivity (Wildman–Crippen MR) is 57.2 cm³/mol. The van der Waals surface area contributed by atoms with Gasteiger partial charge < -0.3 is 13.9 Å². The lowest BCUT2D eigenvalue weighted by Gasteiger charge is -2.05. The van der Waals surface area contributed by atoms with Crippen molar-refractivity contribution in [3.05, 3.63) is 33.1 Å². The van der Waals surface area contributed by atoms with Crippen molar-refractivity contribution in [1.82, 2.24) is 9.13 Å². The zero-order chi connectivity index (χ0) is 12.1. The predicted octanol–water partition coefficient (Wildman–Crippen LogP) is -0.500. The fourth-order valence-electron chi connectivity index (χ4n) is 1.26. The maximum atomic E-state index is 11.4. The summed E-state index contributed by atoms with van der Waals surface area (Å²) in [6.45, 7) is 0.337. The molecule has 0 aliphatic carbocycles. The van der Waals surface area contributed by atoms with E-state index in [1.807, 2.05) is 0 Å². The number of aromatic nitrogens is 2. The minimum atomic E-state index is -0.574. The molecular formula is C10H14N2O4. The lowest BCUT2D eigenvalue weighted by molar-refractivity contribution is -0.140. The van der Waals surface area contributed by atoms with Gasteiger partial charge in [-0.1, -0.05) is 0 Å². The topological polar surface area (TPSA) is 70.3 Å². The number of carbonyl (C=O) groups excluding carboxylic acids is 1. The molecule has 6 heteroatoms. The van der Waals surface area contributed by atoms with E-state index in [9.17, 15) is 14.4 Å². The average molecular weight is 226 g/mol. The Labute approximate surface area is 92.1 Å². The first-order valence-electron chi connectivity index (χ1n) is 4.89. The Morgan fingerprint density at radius 1 is 1.31 bits per heavy atom. The summed E-state index contributed by atoms with van der Waals surface area (Å²) >= 11 is 0. The van der Waals surface area contributed by atoms with E-state index in [4.69, 9.17) is 0 Å². The molecule has 0 bridgehead atoms. The van der Waals surface area contributed by atoms with E-state index in [2.05, 4.69) is 4.74 Å². The van der Waals surface area contributed by atoms with Gasteiger partial charge in [-0.15, -0.1) is 0 Å². The van der Waals surface area contributed by atoms with Crippen LogP contribution in [0.5, 0.6) is 0 Å². The van der Waals surface area contributed by atoms with Crippen LogP contribution in [-0.2, 0) is 23.1 Å². The Bertz CT molecular complexity index is 486. The highest BCUT2D eigenvalue weighted by molar-refractivity contribution is 5.68. The van der Waals surface area contributed by atoms with Gasteiger partial charge in [-0.2, -0.15) is 0 Å². The molecule has 0 spiro atoms. The molecule has 0 N–H and O–H groups in total. The van der Waals surface area contributed by atoms with Gasteiger partial charge >= 0.3 is 17.1 Å². The molecule has 0 aromatic carbocycles. The summed E-state index contributed by atoms with van der Waals surface area (Å²) in [6.07, 6.45) is 3.75. The number of rotatable bonds is 4. The Balaban J connectivity index is 2.69. The number of methoxy groups -OCH3 is 1. The normalized spacial score (nSPS) is 10.1. The number of ether oxygens (including phenoxy) is 1. The van der Waals surface area contributed by atoms with Crippen molar-refractivity contribution in [3.63, 3.8) is 0 Å².